The molecule has 8 heteroatoms. The molecule has 0 aliphatic rings. The second kappa shape index (κ2) is 6.31. The molecule has 0 bridgehead atoms. The molecule has 0 aliphatic heterocycles. The van der Waals surface area contributed by atoms with Crippen LogP contribution in [0.4, 0.5) is 5.13 Å². The fourth-order valence-electron chi connectivity index (χ4n) is 1.45. The molecule has 0 aliphatic carbocycles. The van der Waals surface area contributed by atoms with Gasteiger partial charge in [-0.25, -0.2) is 9.97 Å². The van der Waals surface area contributed by atoms with Crippen molar-refractivity contribution in [3.8, 4) is 5.88 Å². The fourth-order valence-corrected chi connectivity index (χ4v) is 2.20. The van der Waals surface area contributed by atoms with Crippen molar-refractivity contribution >= 4 is 22.4 Å². The van der Waals surface area contributed by atoms with Crippen molar-refractivity contribution in [2.24, 2.45) is 5.73 Å². The molecular weight excluding hydrogens is 280 g/mol. The number of nitrogens with one attached hydrogen (secondary N) is 1. The number of methoxy groups -OCH3 is 1. The minimum Gasteiger partial charge on any atom is -0.481 e. The molecule has 0 aromatic carbocycles. The van der Waals surface area contributed by atoms with E-state index in [9.17, 15) is 4.79 Å². The maximum absolute atomic E-state index is 10.7. The molecule has 0 fully saturated rings. The highest BCUT2D eigenvalue weighted by molar-refractivity contribution is 7.13. The van der Waals surface area contributed by atoms with Crippen LogP contribution in [0.2, 0.25) is 0 Å². The molecule has 1 unspecified atom stereocenters. The molecule has 1 atom stereocenters. The van der Waals surface area contributed by atoms with Gasteiger partial charge < -0.3 is 20.9 Å². The third kappa shape index (κ3) is 3.43. The molecule has 7 nitrogen and oxygen atoms in total. The summed E-state index contributed by atoms with van der Waals surface area (Å²) < 4.78 is 4.97. The molecule has 2 rings (SSSR count). The summed E-state index contributed by atoms with van der Waals surface area (Å²) in [5.41, 5.74) is 6.79. The van der Waals surface area contributed by atoms with Crippen LogP contribution in [0.25, 0.3) is 0 Å². The smallest absolute Gasteiger partial charge is 0.326 e. The summed E-state index contributed by atoms with van der Waals surface area (Å²) in [6.45, 7) is 0.534. The summed E-state index contributed by atoms with van der Waals surface area (Å²) in [4.78, 5) is 19.0. The van der Waals surface area contributed by atoms with Gasteiger partial charge in [0.1, 0.15) is 6.04 Å². The summed E-state index contributed by atoms with van der Waals surface area (Å²) in [6.07, 6.45) is 1.70. The monoisotopic (exact) mass is 294 g/mol. The molecule has 0 spiro atoms. The van der Waals surface area contributed by atoms with Gasteiger partial charge in [0.05, 0.1) is 12.8 Å². The number of hydrogen-bond donors (Lipinski definition) is 3. The van der Waals surface area contributed by atoms with Crippen molar-refractivity contribution < 1.29 is 14.6 Å². The lowest BCUT2D eigenvalue weighted by Gasteiger charge is -2.04. The van der Waals surface area contributed by atoms with Crippen LogP contribution in [0.5, 0.6) is 5.88 Å². The van der Waals surface area contributed by atoms with E-state index in [1.165, 1.54) is 11.3 Å². The topological polar surface area (TPSA) is 110 Å². The Morgan fingerprint density at radius 3 is 3.00 bits per heavy atom. The lowest BCUT2D eigenvalue weighted by atomic mass is 10.2. The number of aromatic nitrogens is 2. The van der Waals surface area contributed by atoms with Crippen LogP contribution >= 0.6 is 11.3 Å². The first-order valence-corrected chi connectivity index (χ1v) is 6.64. The van der Waals surface area contributed by atoms with Gasteiger partial charge in [-0.2, -0.15) is 0 Å². The molecule has 2 aromatic rings. The van der Waals surface area contributed by atoms with E-state index < -0.39 is 12.0 Å². The van der Waals surface area contributed by atoms with Gasteiger partial charge in [0.2, 0.25) is 5.88 Å². The molecule has 0 radical (unpaired) electrons. The van der Waals surface area contributed by atoms with Gasteiger partial charge in [-0.05, 0) is 5.56 Å². The zero-order valence-electron chi connectivity index (χ0n) is 10.7. The lowest BCUT2D eigenvalue weighted by molar-refractivity contribution is -0.138. The molecule has 106 valence electrons. The number of pyridine rings is 1. The van der Waals surface area contributed by atoms with Crippen molar-refractivity contribution in [3.63, 3.8) is 0 Å². The number of nitrogens with two attached hydrogens (primary N) is 1. The number of ether oxygens (including phenoxy) is 1. The first-order valence-electron chi connectivity index (χ1n) is 5.76. The van der Waals surface area contributed by atoms with Crippen LogP contribution in [0.1, 0.15) is 17.3 Å². The minimum atomic E-state index is -1.10. The molecule has 0 saturated carbocycles. The number of carboxylic acids is 1. The summed E-state index contributed by atoms with van der Waals surface area (Å²) >= 11 is 1.31. The second-order valence-electron chi connectivity index (χ2n) is 3.96. The number of rotatable bonds is 6. The van der Waals surface area contributed by atoms with Gasteiger partial charge in [-0.3, -0.25) is 4.79 Å². The van der Waals surface area contributed by atoms with E-state index in [2.05, 4.69) is 15.3 Å². The van der Waals surface area contributed by atoms with E-state index in [4.69, 9.17) is 15.6 Å². The SMILES string of the molecule is COc1ccc(CNc2nc(C(N)C(=O)O)cs2)cn1. The third-order valence-electron chi connectivity index (χ3n) is 2.56. The van der Waals surface area contributed by atoms with Crippen LogP contribution in [-0.4, -0.2) is 28.2 Å². The second-order valence-corrected chi connectivity index (χ2v) is 4.81. The zero-order chi connectivity index (χ0) is 14.5. The quantitative estimate of drug-likeness (QED) is 0.735. The molecule has 0 saturated heterocycles. The van der Waals surface area contributed by atoms with Crippen molar-refractivity contribution in [1.29, 1.82) is 0 Å². The largest absolute Gasteiger partial charge is 0.481 e. The first-order chi connectivity index (χ1) is 9.60. The molecule has 2 heterocycles. The molecule has 2 aromatic heterocycles. The number of carboxylic acid groups (broad SMARTS) is 1. The number of nitrogens with zero attached hydrogens (tertiary/aromatic N) is 2. The molecule has 20 heavy (non-hydrogen) atoms. The van der Waals surface area contributed by atoms with Gasteiger partial charge in [-0.1, -0.05) is 6.07 Å². The highest BCUT2D eigenvalue weighted by atomic mass is 32.1. The summed E-state index contributed by atoms with van der Waals surface area (Å²) in [5.74, 6) is -0.543. The van der Waals surface area contributed by atoms with Crippen LogP contribution in [0.15, 0.2) is 23.7 Å². The van der Waals surface area contributed by atoms with Crippen molar-refractivity contribution in [1.82, 2.24) is 9.97 Å². The maximum atomic E-state index is 10.7. The Balaban J connectivity index is 1.95. The van der Waals surface area contributed by atoms with Gasteiger partial charge >= 0.3 is 5.97 Å². The summed E-state index contributed by atoms with van der Waals surface area (Å²) in [5, 5.41) is 14.1. The molecule has 0 amide bonds. The summed E-state index contributed by atoms with van der Waals surface area (Å²) in [7, 11) is 1.56. The predicted molar refractivity (Wildman–Crippen MR) is 74.8 cm³/mol. The predicted octanol–water partition coefficient (Wildman–Crippen LogP) is 1.24. The average Bonchev–Trinajstić information content (AvgIpc) is 2.93. The van der Waals surface area contributed by atoms with E-state index in [0.717, 1.165) is 5.56 Å². The molecular formula is C12H14N4O3S. The highest BCUT2D eigenvalue weighted by Gasteiger charge is 2.17. The van der Waals surface area contributed by atoms with Gasteiger partial charge in [0, 0.05) is 24.2 Å². The van der Waals surface area contributed by atoms with Gasteiger partial charge in [-0.15, -0.1) is 11.3 Å². The van der Waals surface area contributed by atoms with Crippen LogP contribution in [0, 0.1) is 0 Å². The number of aliphatic carboxylic acids is 1. The third-order valence-corrected chi connectivity index (χ3v) is 3.38. The van der Waals surface area contributed by atoms with Crippen LogP contribution in [0.3, 0.4) is 0 Å². The standard InChI is InChI=1S/C12H14N4O3S/c1-19-9-3-2-7(4-14-9)5-15-12-16-8(6-20-12)10(13)11(17)18/h2-4,6,10H,5,13H2,1H3,(H,15,16)(H,17,18). The first kappa shape index (κ1) is 14.2. The minimum absolute atomic E-state index is 0.345. The van der Waals surface area contributed by atoms with Gasteiger partial charge in [0.15, 0.2) is 5.13 Å². The average molecular weight is 294 g/mol. The van der Waals surface area contributed by atoms with Crippen molar-refractivity contribution in [3.05, 3.63) is 35.0 Å². The Morgan fingerprint density at radius 2 is 2.40 bits per heavy atom. The maximum Gasteiger partial charge on any atom is 0.326 e. The van der Waals surface area contributed by atoms with Crippen LogP contribution < -0.4 is 15.8 Å². The lowest BCUT2D eigenvalue weighted by Crippen LogP contribution is -2.20. The Hall–Kier alpha value is -2.19. The van der Waals surface area contributed by atoms with Crippen LogP contribution in [-0.2, 0) is 11.3 Å². The number of hydrogen-bond acceptors (Lipinski definition) is 7. The van der Waals surface area contributed by atoms with E-state index in [1.54, 1.807) is 24.8 Å². The summed E-state index contributed by atoms with van der Waals surface area (Å²) in [6, 6.07) is 2.56. The van der Waals surface area contributed by atoms with Gasteiger partial charge in [0.25, 0.3) is 0 Å². The highest BCUT2D eigenvalue weighted by Crippen LogP contribution is 2.20. The van der Waals surface area contributed by atoms with Crippen molar-refractivity contribution in [2.45, 2.75) is 12.6 Å². The Morgan fingerprint density at radius 1 is 1.60 bits per heavy atom. The van der Waals surface area contributed by atoms with Crippen molar-refractivity contribution in [2.75, 3.05) is 12.4 Å². The Bertz CT molecular complexity index is 585. The zero-order valence-corrected chi connectivity index (χ0v) is 11.6. The van der Waals surface area contributed by atoms with E-state index in [-0.39, 0.29) is 0 Å². The number of anilines is 1. The Kier molecular flexibility index (Phi) is 4.49. The van der Waals surface area contributed by atoms with E-state index in [1.807, 2.05) is 6.07 Å². The normalized spacial score (nSPS) is 11.9. The molecule has 4 N–H and O–H groups in total. The van der Waals surface area contributed by atoms with E-state index >= 15 is 0 Å². The Labute approximate surface area is 119 Å². The fraction of sp³-hybridized carbons (Fsp3) is 0.250. The van der Waals surface area contributed by atoms with E-state index in [0.29, 0.717) is 23.3 Å². The number of carbonyl (C=O) groups is 1. The number of thiazole rings is 1.